The molecule has 2 aromatic heterocycles. The largest absolute Gasteiger partial charge is 0.496 e. The SMILES string of the molecule is CNC(=O)CCCNc1ccc(-c2cc3c(C(=O)NC)cnc(NC(=O)C4CC4)c3[nH]2)c(OC)c1. The highest BCUT2D eigenvalue weighted by atomic mass is 16.5. The molecular weight excluding hydrogens is 448 g/mol. The molecule has 10 nitrogen and oxygen atoms in total. The Kier molecular flexibility index (Phi) is 7.19. The third kappa shape index (κ3) is 5.37. The average Bonchev–Trinajstić information content (AvgIpc) is 3.64. The van der Waals surface area contributed by atoms with Crippen LogP contribution in [0.3, 0.4) is 0 Å². The number of ether oxygens (including phenoxy) is 1. The highest BCUT2D eigenvalue weighted by Gasteiger charge is 2.30. The van der Waals surface area contributed by atoms with Crippen LogP contribution >= 0.6 is 0 Å². The second-order valence-electron chi connectivity index (χ2n) is 8.45. The number of aromatic amines is 1. The molecule has 1 aliphatic carbocycles. The first-order chi connectivity index (χ1) is 16.9. The maximum atomic E-state index is 12.5. The van der Waals surface area contributed by atoms with E-state index in [0.717, 1.165) is 29.8 Å². The number of nitrogens with zero attached hydrogens (tertiary/aromatic N) is 1. The first-order valence-corrected chi connectivity index (χ1v) is 11.6. The monoisotopic (exact) mass is 478 g/mol. The number of hydrogen-bond donors (Lipinski definition) is 5. The number of carbonyl (C=O) groups excluding carboxylic acids is 3. The molecule has 0 atom stereocenters. The van der Waals surface area contributed by atoms with E-state index in [2.05, 4.69) is 31.2 Å². The third-order valence-corrected chi connectivity index (χ3v) is 6.01. The molecule has 2 heterocycles. The highest BCUT2D eigenvalue weighted by Crippen LogP contribution is 2.37. The predicted molar refractivity (Wildman–Crippen MR) is 135 cm³/mol. The van der Waals surface area contributed by atoms with Gasteiger partial charge in [0.15, 0.2) is 5.82 Å². The van der Waals surface area contributed by atoms with Gasteiger partial charge in [-0.05, 0) is 37.5 Å². The van der Waals surface area contributed by atoms with Crippen LogP contribution < -0.4 is 26.0 Å². The van der Waals surface area contributed by atoms with E-state index in [9.17, 15) is 14.4 Å². The molecule has 0 aliphatic heterocycles. The Morgan fingerprint density at radius 2 is 1.94 bits per heavy atom. The fraction of sp³-hybridized carbons (Fsp3) is 0.360. The molecule has 1 aromatic carbocycles. The van der Waals surface area contributed by atoms with E-state index >= 15 is 0 Å². The lowest BCUT2D eigenvalue weighted by Gasteiger charge is -2.11. The number of anilines is 2. The van der Waals surface area contributed by atoms with E-state index in [1.807, 2.05) is 24.3 Å². The summed E-state index contributed by atoms with van der Waals surface area (Å²) in [5.74, 6) is 0.728. The molecule has 10 heteroatoms. The topological polar surface area (TPSA) is 137 Å². The van der Waals surface area contributed by atoms with E-state index in [1.165, 1.54) is 6.20 Å². The van der Waals surface area contributed by atoms with Crippen LogP contribution in [0.2, 0.25) is 0 Å². The quantitative estimate of drug-likeness (QED) is 0.284. The van der Waals surface area contributed by atoms with Crippen molar-refractivity contribution in [3.63, 3.8) is 0 Å². The standard InChI is InChI=1S/C25H30N6O4/c1-26-21(32)5-4-10-28-15-8-9-16(20(11-15)35-3)19-12-17-18(25(34)27-2)13-29-23(22(17)30-19)31-24(33)14-6-7-14/h8-9,11-14,28,30H,4-7,10H2,1-3H3,(H,26,32)(H,27,34)(H,29,31,33). The van der Waals surface area contributed by atoms with Crippen LogP contribution in [0.5, 0.6) is 5.75 Å². The summed E-state index contributed by atoms with van der Waals surface area (Å²) < 4.78 is 5.64. The molecule has 3 amide bonds. The van der Waals surface area contributed by atoms with Gasteiger partial charge in [-0.1, -0.05) is 0 Å². The molecule has 3 aromatic rings. The Morgan fingerprint density at radius 3 is 2.63 bits per heavy atom. The Labute approximate surface area is 203 Å². The van der Waals surface area contributed by atoms with Gasteiger partial charge in [0.25, 0.3) is 5.91 Å². The van der Waals surface area contributed by atoms with Crippen molar-refractivity contribution >= 4 is 40.1 Å². The fourth-order valence-corrected chi connectivity index (χ4v) is 3.87. The van der Waals surface area contributed by atoms with Crippen molar-refractivity contribution in [2.75, 3.05) is 38.4 Å². The lowest BCUT2D eigenvalue weighted by molar-refractivity contribution is -0.120. The van der Waals surface area contributed by atoms with Gasteiger partial charge in [0.2, 0.25) is 11.8 Å². The molecule has 1 fully saturated rings. The lowest BCUT2D eigenvalue weighted by atomic mass is 10.1. The summed E-state index contributed by atoms with van der Waals surface area (Å²) in [6, 6.07) is 7.59. The lowest BCUT2D eigenvalue weighted by Crippen LogP contribution is -2.19. The van der Waals surface area contributed by atoms with Gasteiger partial charge in [0, 0.05) is 61.9 Å². The van der Waals surface area contributed by atoms with Gasteiger partial charge in [-0.3, -0.25) is 14.4 Å². The molecule has 0 unspecified atom stereocenters. The van der Waals surface area contributed by atoms with Gasteiger partial charge < -0.3 is 31.0 Å². The fourth-order valence-electron chi connectivity index (χ4n) is 3.87. The molecule has 4 rings (SSSR count). The van der Waals surface area contributed by atoms with Crippen LogP contribution in [0, 0.1) is 5.92 Å². The minimum atomic E-state index is -0.267. The Morgan fingerprint density at radius 1 is 1.14 bits per heavy atom. The molecule has 184 valence electrons. The van der Waals surface area contributed by atoms with Crippen LogP contribution in [-0.4, -0.2) is 55.4 Å². The van der Waals surface area contributed by atoms with Crippen LogP contribution in [0.25, 0.3) is 22.2 Å². The normalized spacial score (nSPS) is 12.8. The smallest absolute Gasteiger partial charge is 0.253 e. The molecule has 1 aliphatic rings. The van der Waals surface area contributed by atoms with Crippen molar-refractivity contribution in [1.82, 2.24) is 20.6 Å². The van der Waals surface area contributed by atoms with Gasteiger partial charge in [0.05, 0.1) is 23.9 Å². The van der Waals surface area contributed by atoms with Crippen LogP contribution in [0.4, 0.5) is 11.5 Å². The zero-order chi connectivity index (χ0) is 24.9. The Balaban J connectivity index is 1.64. The summed E-state index contributed by atoms with van der Waals surface area (Å²) in [6.07, 6.45) is 4.39. The van der Waals surface area contributed by atoms with Crippen molar-refractivity contribution in [2.45, 2.75) is 25.7 Å². The number of rotatable bonds is 10. The minimum Gasteiger partial charge on any atom is -0.496 e. The highest BCUT2D eigenvalue weighted by molar-refractivity contribution is 6.11. The van der Waals surface area contributed by atoms with Crippen LogP contribution in [0.1, 0.15) is 36.0 Å². The summed E-state index contributed by atoms with van der Waals surface area (Å²) in [5, 5.41) is 12.1. The number of methoxy groups -OCH3 is 1. The number of benzene rings is 1. The number of amides is 3. The summed E-state index contributed by atoms with van der Waals surface area (Å²) in [7, 11) is 4.78. The van der Waals surface area contributed by atoms with E-state index in [4.69, 9.17) is 4.74 Å². The Hall–Kier alpha value is -4.08. The van der Waals surface area contributed by atoms with Gasteiger partial charge >= 0.3 is 0 Å². The number of aromatic nitrogens is 2. The molecule has 0 saturated heterocycles. The van der Waals surface area contributed by atoms with Crippen LogP contribution in [-0.2, 0) is 9.59 Å². The van der Waals surface area contributed by atoms with Crippen molar-refractivity contribution in [2.24, 2.45) is 5.92 Å². The summed E-state index contributed by atoms with van der Waals surface area (Å²) in [6.45, 7) is 0.646. The van der Waals surface area contributed by atoms with Crippen molar-refractivity contribution in [3.8, 4) is 17.0 Å². The number of nitrogens with one attached hydrogen (secondary N) is 5. The van der Waals surface area contributed by atoms with E-state index in [1.54, 1.807) is 21.2 Å². The average molecular weight is 479 g/mol. The first-order valence-electron chi connectivity index (χ1n) is 11.6. The zero-order valence-electron chi connectivity index (χ0n) is 20.1. The summed E-state index contributed by atoms with van der Waals surface area (Å²) in [4.78, 5) is 43.9. The summed E-state index contributed by atoms with van der Waals surface area (Å²) >= 11 is 0. The van der Waals surface area contributed by atoms with Gasteiger partial charge in [-0.15, -0.1) is 0 Å². The second kappa shape index (κ2) is 10.5. The zero-order valence-corrected chi connectivity index (χ0v) is 20.1. The van der Waals surface area contributed by atoms with E-state index < -0.39 is 0 Å². The van der Waals surface area contributed by atoms with E-state index in [0.29, 0.717) is 47.4 Å². The first kappa shape index (κ1) is 24.1. The third-order valence-electron chi connectivity index (χ3n) is 6.01. The molecule has 1 saturated carbocycles. The van der Waals surface area contributed by atoms with Crippen molar-refractivity contribution in [3.05, 3.63) is 36.0 Å². The molecule has 0 bridgehead atoms. The van der Waals surface area contributed by atoms with Crippen molar-refractivity contribution in [1.29, 1.82) is 0 Å². The molecular formula is C25H30N6O4. The molecule has 35 heavy (non-hydrogen) atoms. The second-order valence-corrected chi connectivity index (χ2v) is 8.45. The molecule has 0 radical (unpaired) electrons. The maximum Gasteiger partial charge on any atom is 0.253 e. The summed E-state index contributed by atoms with van der Waals surface area (Å²) in [5.41, 5.74) is 3.37. The maximum absolute atomic E-state index is 12.5. The number of pyridine rings is 1. The number of carbonyl (C=O) groups is 3. The number of hydrogen-bond acceptors (Lipinski definition) is 6. The van der Waals surface area contributed by atoms with Crippen molar-refractivity contribution < 1.29 is 19.1 Å². The predicted octanol–water partition coefficient (Wildman–Crippen LogP) is 2.88. The van der Waals surface area contributed by atoms with Gasteiger partial charge in [-0.2, -0.15) is 0 Å². The molecule has 5 N–H and O–H groups in total. The minimum absolute atomic E-state index is 0.0110. The van der Waals surface area contributed by atoms with Gasteiger partial charge in [0.1, 0.15) is 5.75 Å². The van der Waals surface area contributed by atoms with Crippen LogP contribution in [0.15, 0.2) is 30.5 Å². The molecule has 0 spiro atoms. The number of fused-ring (bicyclic) bond motifs is 1. The van der Waals surface area contributed by atoms with E-state index in [-0.39, 0.29) is 23.6 Å². The number of H-pyrrole nitrogens is 1. The van der Waals surface area contributed by atoms with Gasteiger partial charge in [-0.25, -0.2) is 4.98 Å². The Bertz CT molecular complexity index is 1260.